The van der Waals surface area contributed by atoms with Crippen molar-refractivity contribution in [1.29, 1.82) is 0 Å². The number of likely N-dealkylation sites (tertiary alicyclic amines) is 1. The van der Waals surface area contributed by atoms with Gasteiger partial charge in [-0.2, -0.15) is 5.10 Å². The number of hydrogen-bond donors (Lipinski definition) is 0. The van der Waals surface area contributed by atoms with Gasteiger partial charge >= 0.3 is 5.97 Å². The molecule has 2 heterocycles. The Bertz CT molecular complexity index is 501. The van der Waals surface area contributed by atoms with Gasteiger partial charge in [-0.3, -0.25) is 9.58 Å². The number of terminal acetylenes is 1. The zero-order valence-corrected chi connectivity index (χ0v) is 11.4. The smallest absolute Gasteiger partial charge is 0.341 e. The van der Waals surface area contributed by atoms with E-state index in [1.807, 2.05) is 6.92 Å². The predicted molar refractivity (Wildman–Crippen MR) is 71.7 cm³/mol. The van der Waals surface area contributed by atoms with Crippen molar-refractivity contribution in [1.82, 2.24) is 14.7 Å². The van der Waals surface area contributed by atoms with Crippen LogP contribution in [0.25, 0.3) is 0 Å². The second-order valence-electron chi connectivity index (χ2n) is 4.84. The molecule has 1 aromatic heterocycles. The van der Waals surface area contributed by atoms with Gasteiger partial charge in [0.1, 0.15) is 12.2 Å². The molecule has 1 fully saturated rings. The van der Waals surface area contributed by atoms with Gasteiger partial charge in [0, 0.05) is 18.8 Å². The highest BCUT2D eigenvalue weighted by atomic mass is 16.5. The summed E-state index contributed by atoms with van der Waals surface area (Å²) < 4.78 is 7.04. The van der Waals surface area contributed by atoms with Gasteiger partial charge in [-0.05, 0) is 26.3 Å². The number of nitrogens with zero attached hydrogens (tertiary/aromatic N) is 3. The third-order valence-electron chi connectivity index (χ3n) is 3.66. The van der Waals surface area contributed by atoms with Crippen LogP contribution in [0, 0.1) is 19.3 Å². The number of aromatic nitrogens is 2. The summed E-state index contributed by atoms with van der Waals surface area (Å²) in [5, 5.41) is 4.04. The molecule has 1 saturated heterocycles. The van der Waals surface area contributed by atoms with E-state index >= 15 is 0 Å². The quantitative estimate of drug-likeness (QED) is 0.599. The summed E-state index contributed by atoms with van der Waals surface area (Å²) in [6, 6.07) is 0.247. The van der Waals surface area contributed by atoms with E-state index in [1.54, 1.807) is 17.9 Å². The van der Waals surface area contributed by atoms with E-state index in [1.165, 1.54) is 0 Å². The molecule has 0 aliphatic carbocycles. The highest BCUT2D eigenvalue weighted by molar-refractivity contribution is 5.90. The maximum atomic E-state index is 12.0. The molecule has 0 aromatic carbocycles. The summed E-state index contributed by atoms with van der Waals surface area (Å²) in [7, 11) is 1.80. The summed E-state index contributed by atoms with van der Waals surface area (Å²) in [6.07, 6.45) is 9.01. The standard InChI is InChI=1S/C14H19N3O2/c1-4-7-17-8-5-6-12(17)10-19-14(18)13-9-15-16(3)11(13)2/h1,9,12H,5-8,10H2,2-3H3/t12-/m1/s1. The fourth-order valence-corrected chi connectivity index (χ4v) is 2.36. The van der Waals surface area contributed by atoms with Crippen LogP contribution in [0.1, 0.15) is 28.9 Å². The van der Waals surface area contributed by atoms with E-state index in [2.05, 4.69) is 15.9 Å². The largest absolute Gasteiger partial charge is 0.460 e. The average Bonchev–Trinajstić information content (AvgIpc) is 2.96. The van der Waals surface area contributed by atoms with Crippen LogP contribution < -0.4 is 0 Å². The molecule has 2 rings (SSSR count). The fraction of sp³-hybridized carbons (Fsp3) is 0.571. The Hall–Kier alpha value is -1.80. The number of carbonyl (C=O) groups is 1. The first kappa shape index (κ1) is 13.6. The molecule has 0 N–H and O–H groups in total. The Labute approximate surface area is 113 Å². The lowest BCUT2D eigenvalue weighted by atomic mass is 10.2. The Morgan fingerprint density at radius 2 is 2.47 bits per heavy atom. The van der Waals surface area contributed by atoms with Gasteiger partial charge in [-0.15, -0.1) is 6.42 Å². The maximum Gasteiger partial charge on any atom is 0.341 e. The van der Waals surface area contributed by atoms with E-state index in [-0.39, 0.29) is 12.0 Å². The minimum Gasteiger partial charge on any atom is -0.460 e. The zero-order chi connectivity index (χ0) is 13.8. The highest BCUT2D eigenvalue weighted by Gasteiger charge is 2.25. The van der Waals surface area contributed by atoms with Crippen LogP contribution in [0.2, 0.25) is 0 Å². The van der Waals surface area contributed by atoms with Crippen molar-refractivity contribution >= 4 is 5.97 Å². The predicted octanol–water partition coefficient (Wildman–Crippen LogP) is 0.983. The SMILES string of the molecule is C#CCN1CCC[C@@H]1COC(=O)c1cnn(C)c1C. The van der Waals surface area contributed by atoms with E-state index in [9.17, 15) is 4.79 Å². The van der Waals surface area contributed by atoms with Gasteiger partial charge in [0.05, 0.1) is 12.7 Å². The summed E-state index contributed by atoms with van der Waals surface area (Å²) in [5.74, 6) is 2.34. The molecule has 1 aliphatic heterocycles. The van der Waals surface area contributed by atoms with E-state index in [0.717, 1.165) is 25.1 Å². The molecule has 0 spiro atoms. The second kappa shape index (κ2) is 5.89. The Kier molecular flexibility index (Phi) is 4.23. The van der Waals surface area contributed by atoms with Crippen LogP contribution in [0.3, 0.4) is 0 Å². The highest BCUT2D eigenvalue weighted by Crippen LogP contribution is 2.17. The number of rotatable bonds is 4. The van der Waals surface area contributed by atoms with Crippen LogP contribution in [0.4, 0.5) is 0 Å². The molecule has 0 unspecified atom stereocenters. The van der Waals surface area contributed by atoms with E-state index in [0.29, 0.717) is 18.7 Å². The minimum atomic E-state index is -0.307. The fourth-order valence-electron chi connectivity index (χ4n) is 2.36. The molecular weight excluding hydrogens is 242 g/mol. The maximum absolute atomic E-state index is 12.0. The van der Waals surface area contributed by atoms with Crippen molar-refractivity contribution in [3.8, 4) is 12.3 Å². The van der Waals surface area contributed by atoms with Gasteiger partial charge in [-0.1, -0.05) is 5.92 Å². The lowest BCUT2D eigenvalue weighted by Crippen LogP contribution is -2.34. The molecule has 1 aliphatic rings. The molecule has 0 saturated carbocycles. The topological polar surface area (TPSA) is 47.4 Å². The lowest BCUT2D eigenvalue weighted by Gasteiger charge is -2.21. The molecule has 5 heteroatoms. The molecule has 5 nitrogen and oxygen atoms in total. The van der Waals surface area contributed by atoms with Crippen LogP contribution in [0.5, 0.6) is 0 Å². The van der Waals surface area contributed by atoms with Crippen molar-refractivity contribution in [2.75, 3.05) is 19.7 Å². The van der Waals surface area contributed by atoms with Gasteiger partial charge in [0.2, 0.25) is 0 Å². The van der Waals surface area contributed by atoms with Gasteiger partial charge in [0.15, 0.2) is 0 Å². The first-order valence-corrected chi connectivity index (χ1v) is 6.46. The molecule has 0 bridgehead atoms. The van der Waals surface area contributed by atoms with E-state index in [4.69, 9.17) is 11.2 Å². The van der Waals surface area contributed by atoms with Crippen molar-refractivity contribution < 1.29 is 9.53 Å². The molecular formula is C14H19N3O2. The van der Waals surface area contributed by atoms with Crippen LogP contribution in [-0.2, 0) is 11.8 Å². The first-order valence-electron chi connectivity index (χ1n) is 6.46. The number of aryl methyl sites for hydroxylation is 1. The van der Waals surface area contributed by atoms with Gasteiger partial charge < -0.3 is 4.74 Å². The summed E-state index contributed by atoms with van der Waals surface area (Å²) >= 11 is 0. The lowest BCUT2D eigenvalue weighted by molar-refractivity contribution is 0.0406. The van der Waals surface area contributed by atoms with Gasteiger partial charge in [0.25, 0.3) is 0 Å². The van der Waals surface area contributed by atoms with Crippen molar-refractivity contribution in [3.63, 3.8) is 0 Å². The first-order chi connectivity index (χ1) is 9.13. The second-order valence-corrected chi connectivity index (χ2v) is 4.84. The molecule has 102 valence electrons. The van der Waals surface area contributed by atoms with Crippen molar-refractivity contribution in [2.45, 2.75) is 25.8 Å². The summed E-state index contributed by atoms with van der Waals surface area (Å²) in [4.78, 5) is 14.1. The molecule has 1 atom stereocenters. The van der Waals surface area contributed by atoms with Crippen molar-refractivity contribution in [3.05, 3.63) is 17.5 Å². The summed E-state index contributed by atoms with van der Waals surface area (Å²) in [5.41, 5.74) is 1.35. The Morgan fingerprint density at radius 1 is 1.68 bits per heavy atom. The van der Waals surface area contributed by atoms with Crippen LogP contribution in [0.15, 0.2) is 6.20 Å². The van der Waals surface area contributed by atoms with Crippen LogP contribution >= 0.6 is 0 Å². The molecule has 0 radical (unpaired) electrons. The number of hydrogen-bond acceptors (Lipinski definition) is 4. The van der Waals surface area contributed by atoms with Crippen LogP contribution in [-0.4, -0.2) is 46.4 Å². The number of ether oxygens (including phenoxy) is 1. The minimum absolute atomic E-state index is 0.247. The molecule has 0 amide bonds. The third-order valence-corrected chi connectivity index (χ3v) is 3.66. The third kappa shape index (κ3) is 2.96. The van der Waals surface area contributed by atoms with Crippen molar-refractivity contribution in [2.24, 2.45) is 7.05 Å². The molecule has 19 heavy (non-hydrogen) atoms. The Morgan fingerprint density at radius 3 is 3.11 bits per heavy atom. The van der Waals surface area contributed by atoms with Gasteiger partial charge in [-0.25, -0.2) is 4.79 Å². The van der Waals surface area contributed by atoms with E-state index < -0.39 is 0 Å². The molecule has 1 aromatic rings. The monoisotopic (exact) mass is 261 g/mol. The number of carbonyl (C=O) groups excluding carboxylic acids is 1. The zero-order valence-electron chi connectivity index (χ0n) is 11.4. The normalized spacial score (nSPS) is 19.3. The summed E-state index contributed by atoms with van der Waals surface area (Å²) in [6.45, 7) is 3.85. The average molecular weight is 261 g/mol. The Balaban J connectivity index is 1.90. The number of esters is 1.